The highest BCUT2D eigenvalue weighted by Crippen LogP contribution is 2.36. The van der Waals surface area contributed by atoms with Crippen LogP contribution in [-0.2, 0) is 16.1 Å². The molecule has 190 valence electrons. The first kappa shape index (κ1) is 24.5. The van der Waals surface area contributed by atoms with Crippen LogP contribution in [0.15, 0.2) is 54.6 Å². The summed E-state index contributed by atoms with van der Waals surface area (Å²) in [5, 5.41) is 4.95. The maximum atomic E-state index is 14.0. The zero-order valence-electron chi connectivity index (χ0n) is 21.0. The lowest BCUT2D eigenvalue weighted by Gasteiger charge is -2.33. The van der Waals surface area contributed by atoms with E-state index >= 15 is 0 Å². The van der Waals surface area contributed by atoms with Gasteiger partial charge in [-0.2, -0.15) is 5.10 Å². The topological polar surface area (TPSA) is 56.6 Å². The first-order valence-corrected chi connectivity index (χ1v) is 13.0. The van der Waals surface area contributed by atoms with Crippen LogP contribution in [-0.4, -0.2) is 39.8 Å². The molecule has 0 spiro atoms. The van der Waals surface area contributed by atoms with Crippen LogP contribution in [0.1, 0.15) is 63.1 Å². The van der Waals surface area contributed by atoms with E-state index in [2.05, 4.69) is 13.8 Å². The summed E-state index contributed by atoms with van der Waals surface area (Å²) in [4.78, 5) is 15.5. The van der Waals surface area contributed by atoms with Crippen LogP contribution in [0, 0.1) is 11.7 Å². The number of halogens is 1. The molecule has 2 aliphatic rings. The summed E-state index contributed by atoms with van der Waals surface area (Å²) in [5.74, 6) is 0.877. The molecule has 2 aromatic carbocycles. The van der Waals surface area contributed by atoms with Crippen molar-refractivity contribution in [2.75, 3.05) is 13.2 Å². The van der Waals surface area contributed by atoms with Crippen LogP contribution >= 0.6 is 0 Å². The quantitative estimate of drug-likeness (QED) is 0.356. The van der Waals surface area contributed by atoms with E-state index in [4.69, 9.17) is 14.6 Å². The second-order valence-electron chi connectivity index (χ2n) is 10.1. The third kappa shape index (κ3) is 5.31. The van der Waals surface area contributed by atoms with Gasteiger partial charge in [0.2, 0.25) is 11.8 Å². The Bertz CT molecular complexity index is 1180. The molecule has 1 atom stereocenters. The summed E-state index contributed by atoms with van der Waals surface area (Å²) in [6.07, 6.45) is 5.01. The molecule has 1 aromatic heterocycles. The van der Waals surface area contributed by atoms with Gasteiger partial charge in [-0.1, -0.05) is 44.5 Å². The minimum absolute atomic E-state index is 0.0493. The average Bonchev–Trinajstić information content (AvgIpc) is 3.46. The van der Waals surface area contributed by atoms with E-state index in [-0.39, 0.29) is 29.7 Å². The third-order valence-electron chi connectivity index (χ3n) is 7.09. The minimum Gasteiger partial charge on any atom is -0.438 e. The van der Waals surface area contributed by atoms with E-state index in [1.54, 1.807) is 16.8 Å². The maximum Gasteiger partial charge on any atom is 0.227 e. The first-order chi connectivity index (χ1) is 17.5. The molecule has 36 heavy (non-hydrogen) atoms. The predicted molar refractivity (Wildman–Crippen MR) is 136 cm³/mol. The van der Waals surface area contributed by atoms with Gasteiger partial charge in [0.05, 0.1) is 29.6 Å². The van der Waals surface area contributed by atoms with Crippen LogP contribution < -0.4 is 4.74 Å². The lowest BCUT2D eigenvalue weighted by molar-refractivity contribution is -0.140. The Hall–Kier alpha value is -3.19. The molecule has 2 heterocycles. The van der Waals surface area contributed by atoms with E-state index in [0.717, 1.165) is 55.7 Å². The highest BCUT2D eigenvalue weighted by Gasteiger charge is 2.34. The van der Waals surface area contributed by atoms with Crippen LogP contribution in [0.5, 0.6) is 11.6 Å². The van der Waals surface area contributed by atoms with E-state index < -0.39 is 0 Å². The van der Waals surface area contributed by atoms with Crippen molar-refractivity contribution in [3.63, 3.8) is 0 Å². The number of nitrogens with zero attached hydrogens (tertiary/aromatic N) is 3. The third-order valence-corrected chi connectivity index (χ3v) is 7.09. The Morgan fingerprint density at radius 2 is 1.94 bits per heavy atom. The Balaban J connectivity index is 1.57. The average molecular weight is 492 g/mol. The molecular weight excluding hydrogens is 457 g/mol. The zero-order valence-corrected chi connectivity index (χ0v) is 21.0. The first-order valence-electron chi connectivity index (χ1n) is 13.0. The SMILES string of the molecule is CC(C)c1nn(-c2ccccc2)c(Oc2cccc(F)c2)c1CN(CC1CCCO1)C(=O)C1CCC1. The van der Waals surface area contributed by atoms with Gasteiger partial charge in [-0.05, 0) is 55.9 Å². The van der Waals surface area contributed by atoms with Crippen molar-refractivity contribution >= 4 is 5.91 Å². The predicted octanol–water partition coefficient (Wildman–Crippen LogP) is 6.23. The van der Waals surface area contributed by atoms with E-state index in [0.29, 0.717) is 24.7 Å². The molecule has 5 rings (SSSR count). The second kappa shape index (κ2) is 10.8. The summed E-state index contributed by atoms with van der Waals surface area (Å²) in [6.45, 7) is 5.85. The molecule has 1 aliphatic carbocycles. The van der Waals surface area contributed by atoms with Crippen molar-refractivity contribution in [1.29, 1.82) is 0 Å². The Morgan fingerprint density at radius 1 is 1.14 bits per heavy atom. The summed E-state index contributed by atoms with van der Waals surface area (Å²) >= 11 is 0. The second-order valence-corrected chi connectivity index (χ2v) is 10.1. The van der Waals surface area contributed by atoms with Gasteiger partial charge >= 0.3 is 0 Å². The summed E-state index contributed by atoms with van der Waals surface area (Å²) < 4.78 is 28.1. The maximum absolute atomic E-state index is 14.0. The largest absolute Gasteiger partial charge is 0.438 e. The standard InChI is InChI=1S/C29H34FN3O3/c1-20(2)27-26(19-32(18-25-15-8-16-35-25)28(34)21-9-6-10-21)29(36-24-14-7-11-22(30)17-24)33(31-27)23-12-4-3-5-13-23/h3-5,7,11-14,17,20-21,25H,6,8-10,15-16,18-19H2,1-2H3. The fourth-order valence-electron chi connectivity index (χ4n) is 4.93. The normalized spacial score (nSPS) is 17.8. The highest BCUT2D eigenvalue weighted by atomic mass is 19.1. The van der Waals surface area contributed by atoms with Crippen molar-refractivity contribution in [2.45, 2.75) is 64.5 Å². The number of rotatable bonds is 9. The van der Waals surface area contributed by atoms with E-state index in [9.17, 15) is 9.18 Å². The minimum atomic E-state index is -0.371. The van der Waals surface area contributed by atoms with Crippen LogP contribution in [0.3, 0.4) is 0 Å². The lowest BCUT2D eigenvalue weighted by atomic mass is 9.84. The van der Waals surface area contributed by atoms with Crippen molar-refractivity contribution in [2.24, 2.45) is 5.92 Å². The zero-order chi connectivity index (χ0) is 25.1. The number of para-hydroxylation sites is 1. The highest BCUT2D eigenvalue weighted by molar-refractivity contribution is 5.79. The van der Waals surface area contributed by atoms with Crippen molar-refractivity contribution < 1.29 is 18.7 Å². The molecule has 0 bridgehead atoms. The molecule has 1 amide bonds. The van der Waals surface area contributed by atoms with Gasteiger partial charge in [-0.15, -0.1) is 0 Å². The Labute approximate surface area is 212 Å². The number of carbonyl (C=O) groups is 1. The molecular formula is C29H34FN3O3. The van der Waals surface area contributed by atoms with Crippen LogP contribution in [0.2, 0.25) is 0 Å². The van der Waals surface area contributed by atoms with Crippen molar-refractivity contribution in [3.05, 3.63) is 71.7 Å². The molecule has 0 radical (unpaired) electrons. The molecule has 1 saturated heterocycles. The summed E-state index contributed by atoms with van der Waals surface area (Å²) in [6, 6.07) is 15.9. The van der Waals surface area contributed by atoms with Gasteiger partial charge in [-0.3, -0.25) is 4.79 Å². The summed E-state index contributed by atoms with van der Waals surface area (Å²) in [5.41, 5.74) is 2.56. The van der Waals surface area contributed by atoms with Gasteiger partial charge in [0.25, 0.3) is 0 Å². The number of ether oxygens (including phenoxy) is 2. The van der Waals surface area contributed by atoms with Gasteiger partial charge in [0.15, 0.2) is 0 Å². The molecule has 0 N–H and O–H groups in total. The smallest absolute Gasteiger partial charge is 0.227 e. The van der Waals surface area contributed by atoms with Gasteiger partial charge < -0.3 is 14.4 Å². The molecule has 7 heteroatoms. The number of hydrogen-bond acceptors (Lipinski definition) is 4. The molecule has 1 aliphatic heterocycles. The number of carbonyl (C=O) groups excluding carboxylic acids is 1. The lowest BCUT2D eigenvalue weighted by Crippen LogP contribution is -2.42. The fraction of sp³-hybridized carbons (Fsp3) is 0.448. The number of benzene rings is 2. The van der Waals surface area contributed by atoms with Crippen LogP contribution in [0.25, 0.3) is 5.69 Å². The van der Waals surface area contributed by atoms with E-state index in [1.807, 2.05) is 35.2 Å². The number of amides is 1. The Kier molecular flexibility index (Phi) is 7.37. The number of hydrogen-bond donors (Lipinski definition) is 0. The van der Waals surface area contributed by atoms with Crippen molar-refractivity contribution in [1.82, 2.24) is 14.7 Å². The van der Waals surface area contributed by atoms with Gasteiger partial charge in [0.1, 0.15) is 11.6 Å². The molecule has 6 nitrogen and oxygen atoms in total. The van der Waals surface area contributed by atoms with Gasteiger partial charge in [-0.25, -0.2) is 9.07 Å². The monoisotopic (exact) mass is 491 g/mol. The fourth-order valence-corrected chi connectivity index (χ4v) is 4.93. The summed E-state index contributed by atoms with van der Waals surface area (Å²) in [7, 11) is 0. The molecule has 1 unspecified atom stereocenters. The van der Waals surface area contributed by atoms with Crippen molar-refractivity contribution in [3.8, 4) is 17.3 Å². The van der Waals surface area contributed by atoms with Gasteiger partial charge in [0, 0.05) is 25.1 Å². The molecule has 1 saturated carbocycles. The van der Waals surface area contributed by atoms with E-state index in [1.165, 1.54) is 12.1 Å². The molecule has 2 fully saturated rings. The molecule has 3 aromatic rings. The Morgan fingerprint density at radius 3 is 2.58 bits per heavy atom. The van der Waals surface area contributed by atoms with Crippen LogP contribution in [0.4, 0.5) is 4.39 Å². The number of aromatic nitrogens is 2.